The number of benzene rings is 6. The molecule has 0 spiro atoms. The van der Waals surface area contributed by atoms with E-state index in [2.05, 4.69) is 153 Å². The van der Waals surface area contributed by atoms with Crippen molar-refractivity contribution in [3.8, 4) is 56.6 Å². The van der Waals surface area contributed by atoms with Crippen molar-refractivity contribution in [3.05, 3.63) is 181 Å². The molecule has 0 amide bonds. The molecule has 6 heteroatoms. The molecule has 270 valence electrons. The molecule has 9 aromatic rings. The summed E-state index contributed by atoms with van der Waals surface area (Å²) in [6.45, 7) is 6.54. The van der Waals surface area contributed by atoms with Crippen LogP contribution in [0.25, 0.3) is 67.0 Å². The molecule has 0 atom stereocenters. The second-order valence-corrected chi connectivity index (χ2v) is 13.5. The first-order valence-electron chi connectivity index (χ1n) is 18.5. The Bertz CT molecular complexity index is 2760. The third kappa shape index (κ3) is 6.59. The summed E-state index contributed by atoms with van der Waals surface area (Å²) in [6, 6.07) is 57.5. The van der Waals surface area contributed by atoms with Crippen LogP contribution >= 0.6 is 0 Å². The monoisotopic (exact) mass is 804 g/mol. The molecule has 0 saturated heterocycles. The van der Waals surface area contributed by atoms with Gasteiger partial charge in [-0.05, 0) is 71.3 Å². The molecule has 0 N–H and O–H groups in total. The number of hydrogen-bond donors (Lipinski definition) is 0. The van der Waals surface area contributed by atoms with Crippen LogP contribution in [0.3, 0.4) is 0 Å². The number of aryl methyl sites for hydroxylation is 3. The molecule has 6 aromatic carbocycles. The van der Waals surface area contributed by atoms with Gasteiger partial charge in [-0.2, -0.15) is 17.2 Å². The maximum atomic E-state index is 6.60. The van der Waals surface area contributed by atoms with E-state index in [0.717, 1.165) is 79.8 Å². The minimum absolute atomic E-state index is 0. The van der Waals surface area contributed by atoms with E-state index in [9.17, 15) is 0 Å². The van der Waals surface area contributed by atoms with E-state index in [1.165, 1.54) is 16.7 Å². The van der Waals surface area contributed by atoms with E-state index in [1.807, 2.05) is 41.2 Å². The largest absolute Gasteiger partial charge is 2.00 e. The van der Waals surface area contributed by atoms with Crippen molar-refractivity contribution < 1.29 is 25.2 Å². The van der Waals surface area contributed by atoms with Crippen molar-refractivity contribution in [2.75, 3.05) is 0 Å². The molecular formula is C49H38N4OPd. The van der Waals surface area contributed by atoms with Crippen molar-refractivity contribution in [1.82, 2.24) is 19.3 Å². The number of ether oxygens (including phenoxy) is 1. The number of fused-ring (bicyclic) bond motifs is 3. The average molecular weight is 805 g/mol. The Morgan fingerprint density at radius 1 is 0.618 bits per heavy atom. The van der Waals surface area contributed by atoms with Gasteiger partial charge in [0, 0.05) is 39.9 Å². The molecule has 9 rings (SSSR count). The van der Waals surface area contributed by atoms with Crippen LogP contribution in [0, 0.1) is 19.1 Å². The maximum absolute atomic E-state index is 6.60. The topological polar surface area (TPSA) is 44.9 Å². The van der Waals surface area contributed by atoms with Crippen molar-refractivity contribution in [2.45, 2.75) is 33.6 Å². The summed E-state index contributed by atoms with van der Waals surface area (Å²) in [6.07, 6.45) is 3.67. The summed E-state index contributed by atoms with van der Waals surface area (Å²) in [5, 5.41) is 7.66. The Balaban J connectivity index is 0.00000427. The first-order chi connectivity index (χ1) is 26.6. The molecule has 0 aliphatic carbocycles. The Labute approximate surface area is 335 Å². The number of aromatic nitrogens is 4. The van der Waals surface area contributed by atoms with E-state index in [-0.39, 0.29) is 20.4 Å². The van der Waals surface area contributed by atoms with Crippen molar-refractivity contribution in [2.24, 2.45) is 0 Å². The third-order valence-electron chi connectivity index (χ3n) is 10.1. The average Bonchev–Trinajstić information content (AvgIpc) is 3.78. The van der Waals surface area contributed by atoms with Crippen LogP contribution in [0.15, 0.2) is 152 Å². The van der Waals surface area contributed by atoms with Gasteiger partial charge in [0.25, 0.3) is 0 Å². The summed E-state index contributed by atoms with van der Waals surface area (Å²) in [7, 11) is 0. The predicted molar refractivity (Wildman–Crippen MR) is 220 cm³/mol. The van der Waals surface area contributed by atoms with Gasteiger partial charge in [-0.1, -0.05) is 116 Å². The van der Waals surface area contributed by atoms with Gasteiger partial charge in [0.15, 0.2) is 0 Å². The summed E-state index contributed by atoms with van der Waals surface area (Å²) in [4.78, 5) is 4.73. The molecule has 0 saturated carbocycles. The van der Waals surface area contributed by atoms with E-state index >= 15 is 0 Å². The number of pyridine rings is 1. The van der Waals surface area contributed by atoms with Gasteiger partial charge in [0.2, 0.25) is 0 Å². The zero-order valence-corrected chi connectivity index (χ0v) is 32.4. The third-order valence-corrected chi connectivity index (χ3v) is 10.1. The van der Waals surface area contributed by atoms with Crippen molar-refractivity contribution in [3.63, 3.8) is 0 Å². The fourth-order valence-electron chi connectivity index (χ4n) is 7.61. The van der Waals surface area contributed by atoms with Crippen LogP contribution in [-0.2, 0) is 33.3 Å². The maximum Gasteiger partial charge on any atom is 2.00 e. The van der Waals surface area contributed by atoms with Crippen molar-refractivity contribution in [1.29, 1.82) is 0 Å². The molecule has 3 aromatic heterocycles. The number of hydrogen-bond acceptors (Lipinski definition) is 3. The van der Waals surface area contributed by atoms with Gasteiger partial charge >= 0.3 is 20.4 Å². The van der Waals surface area contributed by atoms with Crippen LogP contribution in [0.5, 0.6) is 11.5 Å². The summed E-state index contributed by atoms with van der Waals surface area (Å²) in [5.74, 6) is 2.00. The SMILES string of the molecule is CCc1cccc(CC)c1-c1c(-c2ccccc2)nn(-c2[c-]c(Oc3[c-]c4c(cc3)c3ccccc3n4-c3cc(C)ccn3)ccc2)c1-c1ccccc1.[Pd+2]. The zero-order chi connectivity index (χ0) is 36.6. The Kier molecular flexibility index (Phi) is 10.0. The molecule has 0 aliphatic rings. The quantitative estimate of drug-likeness (QED) is 0.108. The van der Waals surface area contributed by atoms with Crippen LogP contribution in [0.2, 0.25) is 0 Å². The standard InChI is InChI=1S/C49H38N4O.Pd/c1-4-34-20-14-21-35(5-2)46(34)47-48(36-16-8-6-9-17-36)51-53(49(47)37-18-10-7-11-19-37)38-22-15-23-39(31-38)54-40-26-27-42-41-24-12-13-25-43(41)52(44(42)32-40)45-30-33(3)28-29-50-45;/h6-30H,4-5H2,1-3H3;/q-2;+2. The predicted octanol–water partition coefficient (Wildman–Crippen LogP) is 12.2. The van der Waals surface area contributed by atoms with Crippen LogP contribution in [0.4, 0.5) is 0 Å². The Hall–Kier alpha value is -6.06. The molecular weight excluding hydrogens is 767 g/mol. The normalized spacial score (nSPS) is 11.2. The smallest absolute Gasteiger partial charge is 0.509 e. The van der Waals surface area contributed by atoms with Gasteiger partial charge in [0.1, 0.15) is 11.5 Å². The van der Waals surface area contributed by atoms with Gasteiger partial charge in [-0.15, -0.1) is 35.7 Å². The molecule has 5 nitrogen and oxygen atoms in total. The van der Waals surface area contributed by atoms with Crippen molar-refractivity contribution >= 4 is 21.8 Å². The molecule has 0 unspecified atom stereocenters. The zero-order valence-electron chi connectivity index (χ0n) is 30.9. The van der Waals surface area contributed by atoms with E-state index in [4.69, 9.17) is 14.8 Å². The molecule has 3 heterocycles. The fraction of sp³-hybridized carbons (Fsp3) is 0.102. The number of nitrogens with zero attached hydrogens (tertiary/aromatic N) is 4. The van der Waals surface area contributed by atoms with E-state index in [1.54, 1.807) is 0 Å². The molecule has 0 aliphatic heterocycles. The van der Waals surface area contributed by atoms with Gasteiger partial charge in [-0.25, -0.2) is 4.98 Å². The summed E-state index contributed by atoms with van der Waals surface area (Å²) >= 11 is 0. The molecule has 0 fully saturated rings. The first kappa shape index (κ1) is 35.9. The summed E-state index contributed by atoms with van der Waals surface area (Å²) in [5.41, 5.74) is 12.9. The molecule has 55 heavy (non-hydrogen) atoms. The molecule has 0 bridgehead atoms. The first-order valence-corrected chi connectivity index (χ1v) is 18.5. The Morgan fingerprint density at radius 2 is 1.29 bits per heavy atom. The van der Waals surface area contributed by atoms with Crippen LogP contribution < -0.4 is 4.74 Å². The molecule has 0 radical (unpaired) electrons. The van der Waals surface area contributed by atoms with Crippen LogP contribution in [0.1, 0.15) is 30.5 Å². The second-order valence-electron chi connectivity index (χ2n) is 13.5. The van der Waals surface area contributed by atoms with E-state index < -0.39 is 0 Å². The van der Waals surface area contributed by atoms with Gasteiger partial charge < -0.3 is 9.30 Å². The van der Waals surface area contributed by atoms with Crippen LogP contribution in [-0.4, -0.2) is 19.3 Å². The van der Waals surface area contributed by atoms with Gasteiger partial charge in [0.05, 0.1) is 5.69 Å². The summed E-state index contributed by atoms with van der Waals surface area (Å²) < 4.78 is 10.8. The van der Waals surface area contributed by atoms with Gasteiger partial charge in [-0.3, -0.25) is 4.68 Å². The second kappa shape index (κ2) is 15.4. The minimum atomic E-state index is 0. The number of rotatable bonds is 9. The number of para-hydroxylation sites is 1. The fourth-order valence-corrected chi connectivity index (χ4v) is 7.61. The van der Waals surface area contributed by atoms with E-state index in [0.29, 0.717) is 11.5 Å². The minimum Gasteiger partial charge on any atom is -0.509 e. The Morgan fingerprint density at radius 3 is 2.02 bits per heavy atom.